The first-order chi connectivity index (χ1) is 9.37. The number of fused-ring (bicyclic) bond motifs is 1. The minimum atomic E-state index is -0.914. The van der Waals surface area contributed by atoms with Gasteiger partial charge in [-0.3, -0.25) is 9.59 Å². The van der Waals surface area contributed by atoms with Crippen molar-refractivity contribution >= 4 is 17.6 Å². The first-order valence-electron chi connectivity index (χ1n) is 6.73. The highest BCUT2D eigenvalue weighted by Crippen LogP contribution is 2.33. The Bertz CT molecular complexity index is 526. The molecule has 5 heteroatoms. The molecular weight excluding hydrogens is 256 g/mol. The second-order valence-corrected chi connectivity index (χ2v) is 5.87. The van der Waals surface area contributed by atoms with Crippen LogP contribution < -0.4 is 10.6 Å². The minimum absolute atomic E-state index is 0.0851. The van der Waals surface area contributed by atoms with Crippen LogP contribution in [-0.4, -0.2) is 29.1 Å². The Morgan fingerprint density at radius 1 is 1.40 bits per heavy atom. The van der Waals surface area contributed by atoms with Gasteiger partial charge in [0.05, 0.1) is 6.42 Å². The van der Waals surface area contributed by atoms with Gasteiger partial charge in [-0.25, -0.2) is 0 Å². The fourth-order valence-electron chi connectivity index (χ4n) is 2.61. The molecule has 3 N–H and O–H groups in total. The maximum atomic E-state index is 12.1. The van der Waals surface area contributed by atoms with Crippen molar-refractivity contribution in [3.05, 3.63) is 29.8 Å². The van der Waals surface area contributed by atoms with Crippen LogP contribution in [0.1, 0.15) is 38.2 Å². The van der Waals surface area contributed by atoms with Gasteiger partial charge in [-0.2, -0.15) is 0 Å². The summed E-state index contributed by atoms with van der Waals surface area (Å²) in [5.41, 5.74) is 1.50. The van der Waals surface area contributed by atoms with E-state index in [1.54, 1.807) is 13.8 Å². The monoisotopic (exact) mass is 276 g/mol. The molecular formula is C15H20N2O3. The van der Waals surface area contributed by atoms with Crippen LogP contribution in [0.2, 0.25) is 0 Å². The van der Waals surface area contributed by atoms with Gasteiger partial charge < -0.3 is 15.7 Å². The molecule has 2 rings (SSSR count). The molecule has 20 heavy (non-hydrogen) atoms. The zero-order chi connectivity index (χ0) is 14.8. The molecule has 0 radical (unpaired) electrons. The van der Waals surface area contributed by atoms with Crippen molar-refractivity contribution in [1.82, 2.24) is 5.32 Å². The van der Waals surface area contributed by atoms with E-state index >= 15 is 0 Å². The number of hydrogen-bond donors (Lipinski definition) is 3. The third kappa shape index (κ3) is 3.50. The van der Waals surface area contributed by atoms with Crippen molar-refractivity contribution in [3.8, 4) is 0 Å². The topological polar surface area (TPSA) is 78.4 Å². The fourth-order valence-corrected chi connectivity index (χ4v) is 2.61. The van der Waals surface area contributed by atoms with Crippen LogP contribution in [0.15, 0.2) is 24.3 Å². The highest BCUT2D eigenvalue weighted by Gasteiger charge is 2.28. The second kappa shape index (κ2) is 5.53. The van der Waals surface area contributed by atoms with Gasteiger partial charge in [0.1, 0.15) is 0 Å². The summed E-state index contributed by atoms with van der Waals surface area (Å²) in [7, 11) is 0. The number of para-hydroxylation sites is 1. The number of hydrogen-bond acceptors (Lipinski definition) is 3. The lowest BCUT2D eigenvalue weighted by molar-refractivity contribution is -0.138. The minimum Gasteiger partial charge on any atom is -0.481 e. The normalized spacial score (nSPS) is 17.2. The molecule has 0 bridgehead atoms. The molecule has 1 atom stereocenters. The summed E-state index contributed by atoms with van der Waals surface area (Å²) in [6.07, 6.45) is 0.283. The van der Waals surface area contributed by atoms with Gasteiger partial charge in [-0.1, -0.05) is 18.2 Å². The molecule has 0 saturated heterocycles. The van der Waals surface area contributed by atoms with E-state index < -0.39 is 11.5 Å². The number of aliphatic carboxylic acids is 1. The summed E-state index contributed by atoms with van der Waals surface area (Å²) in [5, 5.41) is 14.9. The molecule has 1 aromatic rings. The molecule has 1 heterocycles. The summed E-state index contributed by atoms with van der Waals surface area (Å²) in [6.45, 7) is 4.19. The second-order valence-electron chi connectivity index (χ2n) is 5.87. The number of anilines is 1. The molecule has 1 aliphatic heterocycles. The summed E-state index contributed by atoms with van der Waals surface area (Å²) >= 11 is 0. The van der Waals surface area contributed by atoms with Crippen LogP contribution in [-0.2, 0) is 9.59 Å². The van der Waals surface area contributed by atoms with Crippen LogP contribution >= 0.6 is 0 Å². The third-order valence-electron chi connectivity index (χ3n) is 3.44. The van der Waals surface area contributed by atoms with Gasteiger partial charge in [-0.15, -0.1) is 0 Å². The lowest BCUT2D eigenvalue weighted by Crippen LogP contribution is -2.45. The fraction of sp³-hybridized carbons (Fsp3) is 0.467. The van der Waals surface area contributed by atoms with Crippen molar-refractivity contribution in [2.24, 2.45) is 0 Å². The summed E-state index contributed by atoms with van der Waals surface area (Å²) < 4.78 is 0. The smallest absolute Gasteiger partial charge is 0.305 e. The predicted octanol–water partition coefficient (Wildman–Crippen LogP) is 1.96. The molecule has 0 fully saturated rings. The molecule has 1 aliphatic rings. The zero-order valence-electron chi connectivity index (χ0n) is 11.8. The predicted molar refractivity (Wildman–Crippen MR) is 76.8 cm³/mol. The van der Waals surface area contributed by atoms with Gasteiger partial charge in [0.2, 0.25) is 5.91 Å². The van der Waals surface area contributed by atoms with Crippen LogP contribution in [0.3, 0.4) is 0 Å². The number of rotatable bonds is 5. The van der Waals surface area contributed by atoms with E-state index in [0.29, 0.717) is 6.42 Å². The molecule has 1 unspecified atom stereocenters. The Morgan fingerprint density at radius 2 is 2.10 bits per heavy atom. The molecule has 5 nitrogen and oxygen atoms in total. The van der Waals surface area contributed by atoms with E-state index in [1.807, 2.05) is 24.3 Å². The van der Waals surface area contributed by atoms with Gasteiger partial charge in [0.25, 0.3) is 0 Å². The molecule has 0 spiro atoms. The number of carbonyl (C=O) groups excluding carboxylic acids is 1. The van der Waals surface area contributed by atoms with Gasteiger partial charge in [-0.05, 0) is 25.5 Å². The van der Waals surface area contributed by atoms with Crippen LogP contribution in [0.4, 0.5) is 5.69 Å². The molecule has 0 aliphatic carbocycles. The van der Waals surface area contributed by atoms with E-state index in [0.717, 1.165) is 17.8 Å². The van der Waals surface area contributed by atoms with Crippen molar-refractivity contribution < 1.29 is 14.7 Å². The van der Waals surface area contributed by atoms with E-state index in [-0.39, 0.29) is 18.2 Å². The Kier molecular flexibility index (Phi) is 3.97. The van der Waals surface area contributed by atoms with E-state index in [2.05, 4.69) is 10.6 Å². The quantitative estimate of drug-likeness (QED) is 0.768. The first-order valence-corrected chi connectivity index (χ1v) is 6.73. The average Bonchev–Trinajstić information content (AvgIpc) is 2.70. The highest BCUT2D eigenvalue weighted by atomic mass is 16.4. The maximum Gasteiger partial charge on any atom is 0.305 e. The Balaban J connectivity index is 1.95. The number of benzene rings is 1. The van der Waals surface area contributed by atoms with Crippen LogP contribution in [0.25, 0.3) is 0 Å². The first kappa shape index (κ1) is 14.4. The summed E-state index contributed by atoms with van der Waals surface area (Å²) in [6, 6.07) is 7.95. The Hall–Kier alpha value is -2.04. The zero-order valence-corrected chi connectivity index (χ0v) is 11.8. The average molecular weight is 276 g/mol. The molecule has 0 aromatic heterocycles. The number of carboxylic acid groups (broad SMARTS) is 1. The number of nitrogens with one attached hydrogen (secondary N) is 2. The molecule has 108 valence electrons. The largest absolute Gasteiger partial charge is 0.481 e. The Labute approximate surface area is 118 Å². The number of carbonyl (C=O) groups is 2. The summed E-state index contributed by atoms with van der Waals surface area (Å²) in [4.78, 5) is 22.8. The van der Waals surface area contributed by atoms with Crippen molar-refractivity contribution in [2.45, 2.75) is 38.1 Å². The standard InChI is InChI=1S/C15H20N2O3/c1-15(2,8-14(19)20)17-13(18)7-10-9-16-12-6-4-3-5-11(10)12/h3-6,10,16H,7-9H2,1-2H3,(H,17,18)(H,19,20). The van der Waals surface area contributed by atoms with E-state index in [9.17, 15) is 9.59 Å². The van der Waals surface area contributed by atoms with Crippen molar-refractivity contribution in [2.75, 3.05) is 11.9 Å². The van der Waals surface area contributed by atoms with E-state index in [4.69, 9.17) is 5.11 Å². The Morgan fingerprint density at radius 3 is 2.80 bits per heavy atom. The third-order valence-corrected chi connectivity index (χ3v) is 3.44. The molecule has 0 saturated carbocycles. The number of carboxylic acids is 1. The van der Waals surface area contributed by atoms with Crippen molar-refractivity contribution in [1.29, 1.82) is 0 Å². The lowest BCUT2D eigenvalue weighted by Gasteiger charge is -2.25. The summed E-state index contributed by atoms with van der Waals surface area (Å²) in [5.74, 6) is -0.880. The van der Waals surface area contributed by atoms with Crippen LogP contribution in [0.5, 0.6) is 0 Å². The van der Waals surface area contributed by atoms with Gasteiger partial charge in [0.15, 0.2) is 0 Å². The SMILES string of the molecule is CC(C)(CC(=O)O)NC(=O)CC1CNc2ccccc21. The highest BCUT2D eigenvalue weighted by molar-refractivity contribution is 5.80. The molecule has 1 aromatic carbocycles. The maximum absolute atomic E-state index is 12.1. The van der Waals surface area contributed by atoms with Gasteiger partial charge in [0, 0.05) is 30.1 Å². The van der Waals surface area contributed by atoms with Gasteiger partial charge >= 0.3 is 5.97 Å². The van der Waals surface area contributed by atoms with E-state index in [1.165, 1.54) is 0 Å². The molecule has 1 amide bonds. The van der Waals surface area contributed by atoms with Crippen molar-refractivity contribution in [3.63, 3.8) is 0 Å². The van der Waals surface area contributed by atoms with Crippen LogP contribution in [0, 0.1) is 0 Å². The lowest BCUT2D eigenvalue weighted by atomic mass is 9.95. The number of amides is 1.